The Morgan fingerprint density at radius 2 is 1.60 bits per heavy atom. The molecule has 0 bridgehead atoms. The maximum atomic E-state index is 14.1. The second kappa shape index (κ2) is 14.0. The number of hydrogen-bond donors (Lipinski definition) is 1. The number of aryl methyl sites for hydroxylation is 2. The molecule has 0 fully saturated rings. The minimum Gasteiger partial charge on any atom is -0.354 e. The molecule has 0 unspecified atom stereocenters. The first-order valence-electron chi connectivity index (χ1n) is 13.2. The average Bonchev–Trinajstić information content (AvgIpc) is 2.92. The number of rotatable bonds is 12. The van der Waals surface area contributed by atoms with E-state index in [-0.39, 0.29) is 33.1 Å². The lowest BCUT2D eigenvalue weighted by molar-refractivity contribution is -0.140. The molecule has 7 nitrogen and oxygen atoms in total. The largest absolute Gasteiger partial charge is 0.354 e. The Labute approximate surface area is 247 Å². The quantitative estimate of drug-likeness (QED) is 0.269. The molecule has 40 heavy (non-hydrogen) atoms. The molecule has 0 aromatic heterocycles. The highest BCUT2D eigenvalue weighted by Crippen LogP contribution is 2.35. The van der Waals surface area contributed by atoms with E-state index in [1.54, 1.807) is 24.3 Å². The zero-order chi connectivity index (χ0) is 29.4. The van der Waals surface area contributed by atoms with Gasteiger partial charge in [-0.05, 0) is 56.5 Å². The number of halogens is 2. The molecule has 10 heteroatoms. The third-order valence-corrected chi connectivity index (χ3v) is 9.04. The van der Waals surface area contributed by atoms with Crippen LogP contribution < -0.4 is 9.62 Å². The Morgan fingerprint density at radius 1 is 0.925 bits per heavy atom. The summed E-state index contributed by atoms with van der Waals surface area (Å²) < 4.78 is 28.9. The first-order chi connectivity index (χ1) is 19.0. The Kier molecular flexibility index (Phi) is 11.0. The van der Waals surface area contributed by atoms with E-state index in [4.69, 9.17) is 23.2 Å². The number of amides is 2. The van der Waals surface area contributed by atoms with Crippen LogP contribution in [0.15, 0.2) is 71.6 Å². The number of anilines is 1. The first-order valence-corrected chi connectivity index (χ1v) is 15.3. The van der Waals surface area contributed by atoms with Crippen LogP contribution in [-0.4, -0.2) is 44.3 Å². The van der Waals surface area contributed by atoms with Crippen molar-refractivity contribution in [3.63, 3.8) is 0 Å². The molecule has 1 atom stereocenters. The van der Waals surface area contributed by atoms with Crippen LogP contribution >= 0.6 is 23.2 Å². The Hall–Kier alpha value is -3.07. The maximum Gasteiger partial charge on any atom is 0.264 e. The van der Waals surface area contributed by atoms with Crippen molar-refractivity contribution in [1.29, 1.82) is 0 Å². The van der Waals surface area contributed by atoms with Gasteiger partial charge in [0.15, 0.2) is 0 Å². The van der Waals surface area contributed by atoms with Crippen LogP contribution in [0.5, 0.6) is 0 Å². The predicted octanol–water partition coefficient (Wildman–Crippen LogP) is 6.14. The van der Waals surface area contributed by atoms with Crippen LogP contribution in [0, 0.1) is 13.8 Å². The van der Waals surface area contributed by atoms with Crippen molar-refractivity contribution < 1.29 is 18.0 Å². The summed E-state index contributed by atoms with van der Waals surface area (Å²) >= 11 is 12.7. The smallest absolute Gasteiger partial charge is 0.264 e. The predicted molar refractivity (Wildman–Crippen MR) is 161 cm³/mol. The molecule has 0 saturated heterocycles. The third kappa shape index (κ3) is 7.56. The van der Waals surface area contributed by atoms with E-state index in [0.717, 1.165) is 27.4 Å². The lowest BCUT2D eigenvalue weighted by Gasteiger charge is -2.33. The summed E-state index contributed by atoms with van der Waals surface area (Å²) in [5, 5.41) is 3.03. The van der Waals surface area contributed by atoms with Gasteiger partial charge in [0, 0.05) is 13.1 Å². The van der Waals surface area contributed by atoms with Crippen molar-refractivity contribution >= 4 is 50.7 Å². The second-order valence-corrected chi connectivity index (χ2v) is 12.3. The van der Waals surface area contributed by atoms with Crippen molar-refractivity contribution in [2.24, 2.45) is 0 Å². The molecule has 2 amide bonds. The minimum absolute atomic E-state index is 0.0000864. The molecule has 0 spiro atoms. The molecule has 0 radical (unpaired) electrons. The Morgan fingerprint density at radius 3 is 2.23 bits per heavy atom. The second-order valence-electron chi connectivity index (χ2n) is 9.62. The van der Waals surface area contributed by atoms with Crippen LogP contribution in [-0.2, 0) is 26.2 Å². The van der Waals surface area contributed by atoms with Crippen molar-refractivity contribution in [3.05, 3.63) is 93.5 Å². The normalized spacial score (nSPS) is 12.1. The molecule has 3 aromatic carbocycles. The highest BCUT2D eigenvalue weighted by atomic mass is 35.5. The molecule has 1 N–H and O–H groups in total. The first kappa shape index (κ1) is 31.5. The van der Waals surface area contributed by atoms with Gasteiger partial charge in [0.25, 0.3) is 10.0 Å². The van der Waals surface area contributed by atoms with E-state index >= 15 is 0 Å². The number of carbonyl (C=O) groups is 2. The molecular weight excluding hydrogens is 569 g/mol. The van der Waals surface area contributed by atoms with Gasteiger partial charge in [-0.15, -0.1) is 0 Å². The standard InChI is InChI=1S/C30H35Cl2N3O4S/c1-5-17-33-30(37)26(6-2)34(19-23-10-7-9-22(4)18-23)28(36)20-35(27-12-8-11-25(31)29(27)32)40(38,39)24-15-13-21(3)14-16-24/h7-16,18,26H,5-6,17,19-20H2,1-4H3,(H,33,37)/t26-/m0/s1. The van der Waals surface area contributed by atoms with Gasteiger partial charge in [-0.3, -0.25) is 13.9 Å². The van der Waals surface area contributed by atoms with Crippen LogP contribution in [0.4, 0.5) is 5.69 Å². The van der Waals surface area contributed by atoms with Crippen molar-refractivity contribution in [3.8, 4) is 0 Å². The van der Waals surface area contributed by atoms with E-state index < -0.39 is 28.5 Å². The van der Waals surface area contributed by atoms with Crippen molar-refractivity contribution in [1.82, 2.24) is 10.2 Å². The van der Waals surface area contributed by atoms with Gasteiger partial charge >= 0.3 is 0 Å². The Bertz CT molecular complexity index is 1450. The molecule has 3 aromatic rings. The molecule has 0 heterocycles. The maximum absolute atomic E-state index is 14.1. The van der Waals surface area contributed by atoms with Crippen molar-refractivity contribution in [2.45, 2.75) is 58.0 Å². The fourth-order valence-electron chi connectivity index (χ4n) is 4.33. The van der Waals surface area contributed by atoms with Gasteiger partial charge in [0.2, 0.25) is 11.8 Å². The number of nitrogens with one attached hydrogen (secondary N) is 1. The highest BCUT2D eigenvalue weighted by Gasteiger charge is 2.34. The molecule has 0 saturated carbocycles. The molecule has 214 valence electrons. The average molecular weight is 605 g/mol. The van der Waals surface area contributed by atoms with Gasteiger partial charge in [-0.2, -0.15) is 0 Å². The third-order valence-electron chi connectivity index (χ3n) is 6.46. The molecule has 0 aliphatic rings. The summed E-state index contributed by atoms with van der Waals surface area (Å²) in [6, 6.07) is 17.8. The van der Waals surface area contributed by atoms with Crippen LogP contribution in [0.2, 0.25) is 10.0 Å². The van der Waals surface area contributed by atoms with Crippen LogP contribution in [0.1, 0.15) is 43.4 Å². The number of sulfonamides is 1. The number of carbonyl (C=O) groups excluding carboxylic acids is 2. The van der Waals surface area contributed by atoms with Crippen LogP contribution in [0.3, 0.4) is 0 Å². The van der Waals surface area contributed by atoms with Crippen LogP contribution in [0.25, 0.3) is 0 Å². The van der Waals surface area contributed by atoms with E-state index in [2.05, 4.69) is 5.32 Å². The SMILES string of the molecule is CCCNC(=O)[C@H](CC)N(Cc1cccc(C)c1)C(=O)CN(c1cccc(Cl)c1Cl)S(=O)(=O)c1ccc(C)cc1. The van der Waals surface area contributed by atoms with E-state index in [1.807, 2.05) is 52.0 Å². The minimum atomic E-state index is -4.24. The zero-order valence-corrected chi connectivity index (χ0v) is 25.5. The molecular formula is C30H35Cl2N3O4S. The number of hydrogen-bond acceptors (Lipinski definition) is 4. The van der Waals surface area contributed by atoms with E-state index in [1.165, 1.54) is 23.1 Å². The number of benzene rings is 3. The van der Waals surface area contributed by atoms with Gasteiger partial charge in [-0.1, -0.05) is 90.6 Å². The zero-order valence-electron chi connectivity index (χ0n) is 23.2. The van der Waals surface area contributed by atoms with Gasteiger partial charge < -0.3 is 10.2 Å². The summed E-state index contributed by atoms with van der Waals surface area (Å²) in [6.07, 6.45) is 1.08. The summed E-state index contributed by atoms with van der Waals surface area (Å²) in [5.41, 5.74) is 2.78. The van der Waals surface area contributed by atoms with Gasteiger partial charge in [-0.25, -0.2) is 8.42 Å². The van der Waals surface area contributed by atoms with Gasteiger partial charge in [0.05, 0.1) is 20.6 Å². The lowest BCUT2D eigenvalue weighted by atomic mass is 10.1. The fourth-order valence-corrected chi connectivity index (χ4v) is 6.20. The summed E-state index contributed by atoms with van der Waals surface area (Å²) in [4.78, 5) is 28.7. The summed E-state index contributed by atoms with van der Waals surface area (Å²) in [5.74, 6) is -0.842. The molecule has 0 aliphatic heterocycles. The van der Waals surface area contributed by atoms with E-state index in [0.29, 0.717) is 13.0 Å². The van der Waals surface area contributed by atoms with Crippen molar-refractivity contribution in [2.75, 3.05) is 17.4 Å². The highest BCUT2D eigenvalue weighted by molar-refractivity contribution is 7.92. The lowest BCUT2D eigenvalue weighted by Crippen LogP contribution is -2.52. The van der Waals surface area contributed by atoms with Gasteiger partial charge in [0.1, 0.15) is 12.6 Å². The monoisotopic (exact) mass is 603 g/mol. The fraction of sp³-hybridized carbons (Fsp3) is 0.333. The topological polar surface area (TPSA) is 86.8 Å². The molecule has 0 aliphatic carbocycles. The van der Waals surface area contributed by atoms with E-state index in [9.17, 15) is 18.0 Å². The summed E-state index contributed by atoms with van der Waals surface area (Å²) in [6.45, 7) is 7.57. The number of nitrogens with zero attached hydrogens (tertiary/aromatic N) is 2. The molecule has 3 rings (SSSR count). The summed E-state index contributed by atoms with van der Waals surface area (Å²) in [7, 11) is -4.24. The Balaban J connectivity index is 2.10.